The Balaban J connectivity index is 2.20. The van der Waals surface area contributed by atoms with Gasteiger partial charge in [-0.3, -0.25) is 4.79 Å². The third kappa shape index (κ3) is 2.85. The maximum atomic E-state index is 11.9. The average Bonchev–Trinajstić information content (AvgIpc) is 2.32. The van der Waals surface area contributed by atoms with Gasteiger partial charge in [-0.15, -0.1) is 0 Å². The Morgan fingerprint density at radius 2 is 1.88 bits per heavy atom. The molecule has 0 unspecified atom stereocenters. The van der Waals surface area contributed by atoms with Crippen LogP contribution in [0.4, 0.5) is 11.4 Å². The number of carbonyl (C=O) groups is 1. The number of halogens is 1. The lowest BCUT2D eigenvalue weighted by molar-refractivity contribution is 0.102. The third-order valence-corrected chi connectivity index (χ3v) is 2.79. The number of amides is 1. The Kier molecular flexibility index (Phi) is 3.44. The fraction of sp³-hybridized carbons (Fsp3) is 0. The lowest BCUT2D eigenvalue weighted by atomic mass is 10.2. The second-order valence-corrected chi connectivity index (χ2v) is 4.47. The lowest BCUT2D eigenvalue weighted by Crippen LogP contribution is -2.12. The number of hydrogen-bond acceptors (Lipinski definition) is 2. The maximum Gasteiger partial charge on any atom is 0.255 e. The molecule has 1 amide bonds. The zero-order chi connectivity index (χ0) is 12.3. The van der Waals surface area contributed by atoms with Crippen LogP contribution in [0.25, 0.3) is 0 Å². The number of hydrogen-bond donors (Lipinski definition) is 2. The molecule has 4 heteroatoms. The van der Waals surface area contributed by atoms with Gasteiger partial charge in [0.1, 0.15) is 0 Å². The first-order valence-corrected chi connectivity index (χ1v) is 5.87. The van der Waals surface area contributed by atoms with Gasteiger partial charge in [-0.25, -0.2) is 0 Å². The second-order valence-electron chi connectivity index (χ2n) is 3.55. The smallest absolute Gasteiger partial charge is 0.255 e. The summed E-state index contributed by atoms with van der Waals surface area (Å²) >= 11 is 3.33. The summed E-state index contributed by atoms with van der Waals surface area (Å²) in [6.45, 7) is 0. The van der Waals surface area contributed by atoms with E-state index in [1.54, 1.807) is 24.3 Å². The van der Waals surface area contributed by atoms with Gasteiger partial charge < -0.3 is 11.1 Å². The van der Waals surface area contributed by atoms with E-state index in [9.17, 15) is 4.79 Å². The lowest BCUT2D eigenvalue weighted by Gasteiger charge is -2.07. The van der Waals surface area contributed by atoms with E-state index < -0.39 is 0 Å². The Morgan fingerprint density at radius 1 is 1.12 bits per heavy atom. The van der Waals surface area contributed by atoms with Crippen LogP contribution >= 0.6 is 15.9 Å². The molecule has 0 fully saturated rings. The van der Waals surface area contributed by atoms with Crippen molar-refractivity contribution in [3.63, 3.8) is 0 Å². The van der Waals surface area contributed by atoms with Crippen molar-refractivity contribution in [1.82, 2.24) is 0 Å². The Bertz CT molecular complexity index is 555. The quantitative estimate of drug-likeness (QED) is 0.834. The summed E-state index contributed by atoms with van der Waals surface area (Å²) < 4.78 is 0.867. The van der Waals surface area contributed by atoms with Gasteiger partial charge in [-0.05, 0) is 30.3 Å². The summed E-state index contributed by atoms with van der Waals surface area (Å²) in [6, 6.07) is 14.4. The van der Waals surface area contributed by atoms with Crippen molar-refractivity contribution in [2.24, 2.45) is 0 Å². The van der Waals surface area contributed by atoms with Gasteiger partial charge in [0.05, 0.1) is 11.4 Å². The Labute approximate surface area is 108 Å². The van der Waals surface area contributed by atoms with Gasteiger partial charge in [0.25, 0.3) is 5.91 Å². The average molecular weight is 291 g/mol. The largest absolute Gasteiger partial charge is 0.397 e. The maximum absolute atomic E-state index is 11.9. The molecular formula is C13H11BrN2O. The fourth-order valence-corrected chi connectivity index (χ4v) is 1.83. The van der Waals surface area contributed by atoms with Gasteiger partial charge in [-0.1, -0.05) is 34.1 Å². The van der Waals surface area contributed by atoms with Crippen LogP contribution in [0.5, 0.6) is 0 Å². The standard InChI is InChI=1S/C13H11BrN2O/c14-10-5-3-4-9(8-10)13(17)16-12-7-2-1-6-11(12)15/h1-8H,15H2,(H,16,17). The molecular weight excluding hydrogens is 280 g/mol. The molecule has 3 N–H and O–H groups in total. The minimum atomic E-state index is -0.177. The van der Waals surface area contributed by atoms with Gasteiger partial charge in [0.2, 0.25) is 0 Å². The highest BCUT2D eigenvalue weighted by Crippen LogP contribution is 2.18. The molecule has 0 heterocycles. The van der Waals surface area contributed by atoms with Crippen LogP contribution in [0, 0.1) is 0 Å². The number of benzene rings is 2. The second kappa shape index (κ2) is 5.01. The molecule has 3 nitrogen and oxygen atoms in total. The molecule has 2 aromatic rings. The number of anilines is 2. The predicted molar refractivity (Wildman–Crippen MR) is 72.9 cm³/mol. The molecule has 0 aliphatic rings. The highest BCUT2D eigenvalue weighted by molar-refractivity contribution is 9.10. The van der Waals surface area contributed by atoms with E-state index in [1.165, 1.54) is 0 Å². The predicted octanol–water partition coefficient (Wildman–Crippen LogP) is 3.28. The molecule has 0 aromatic heterocycles. The number of nitrogens with two attached hydrogens (primary N) is 1. The van der Waals surface area contributed by atoms with Crippen molar-refractivity contribution in [2.45, 2.75) is 0 Å². The van der Waals surface area contributed by atoms with Gasteiger partial charge in [-0.2, -0.15) is 0 Å². The summed E-state index contributed by atoms with van der Waals surface area (Å²) in [5, 5.41) is 2.77. The van der Waals surface area contributed by atoms with Crippen molar-refractivity contribution in [2.75, 3.05) is 11.1 Å². The molecule has 0 saturated heterocycles. The number of nitrogen functional groups attached to an aromatic ring is 1. The van der Waals surface area contributed by atoms with E-state index in [-0.39, 0.29) is 5.91 Å². The topological polar surface area (TPSA) is 55.1 Å². The SMILES string of the molecule is Nc1ccccc1NC(=O)c1cccc(Br)c1. The number of carbonyl (C=O) groups excluding carboxylic acids is 1. The third-order valence-electron chi connectivity index (χ3n) is 2.30. The summed E-state index contributed by atoms with van der Waals surface area (Å²) in [5.74, 6) is -0.177. The van der Waals surface area contributed by atoms with Crippen LogP contribution in [0.1, 0.15) is 10.4 Å². The van der Waals surface area contributed by atoms with Crippen molar-refractivity contribution >= 4 is 33.2 Å². The summed E-state index contributed by atoms with van der Waals surface area (Å²) in [6.07, 6.45) is 0. The summed E-state index contributed by atoms with van der Waals surface area (Å²) in [4.78, 5) is 11.9. The van der Waals surface area contributed by atoms with E-state index >= 15 is 0 Å². The molecule has 86 valence electrons. The monoisotopic (exact) mass is 290 g/mol. The van der Waals surface area contributed by atoms with Crippen LogP contribution in [0.3, 0.4) is 0 Å². The summed E-state index contributed by atoms with van der Waals surface area (Å²) in [5.41, 5.74) is 7.51. The van der Waals surface area contributed by atoms with Crippen LogP contribution in [-0.2, 0) is 0 Å². The van der Waals surface area contributed by atoms with Crippen LogP contribution in [-0.4, -0.2) is 5.91 Å². The summed E-state index contributed by atoms with van der Waals surface area (Å²) in [7, 11) is 0. The van der Waals surface area contributed by atoms with Crippen LogP contribution in [0.2, 0.25) is 0 Å². The molecule has 0 radical (unpaired) electrons. The van der Waals surface area contributed by atoms with Crippen molar-refractivity contribution in [3.05, 3.63) is 58.6 Å². The number of para-hydroxylation sites is 2. The fourth-order valence-electron chi connectivity index (χ4n) is 1.44. The van der Waals surface area contributed by atoms with Gasteiger partial charge >= 0.3 is 0 Å². The molecule has 0 saturated carbocycles. The van der Waals surface area contributed by atoms with E-state index in [1.807, 2.05) is 24.3 Å². The first kappa shape index (κ1) is 11.7. The molecule has 0 bridgehead atoms. The molecule has 0 spiro atoms. The Hall–Kier alpha value is -1.81. The molecule has 0 atom stereocenters. The van der Waals surface area contributed by atoms with Crippen LogP contribution in [0.15, 0.2) is 53.0 Å². The van der Waals surface area contributed by atoms with E-state index in [4.69, 9.17) is 5.73 Å². The van der Waals surface area contributed by atoms with Gasteiger partial charge in [0, 0.05) is 10.0 Å². The van der Waals surface area contributed by atoms with Gasteiger partial charge in [0.15, 0.2) is 0 Å². The molecule has 0 aliphatic heterocycles. The van der Waals surface area contributed by atoms with Crippen LogP contribution < -0.4 is 11.1 Å². The molecule has 17 heavy (non-hydrogen) atoms. The molecule has 2 rings (SSSR count). The highest BCUT2D eigenvalue weighted by atomic mass is 79.9. The first-order chi connectivity index (χ1) is 8.16. The number of nitrogens with one attached hydrogen (secondary N) is 1. The van der Waals surface area contributed by atoms with Crippen molar-refractivity contribution in [3.8, 4) is 0 Å². The zero-order valence-corrected chi connectivity index (χ0v) is 10.6. The minimum absolute atomic E-state index is 0.177. The van der Waals surface area contributed by atoms with Crippen molar-refractivity contribution in [1.29, 1.82) is 0 Å². The van der Waals surface area contributed by atoms with E-state index in [0.29, 0.717) is 16.9 Å². The zero-order valence-electron chi connectivity index (χ0n) is 8.98. The molecule has 0 aliphatic carbocycles. The molecule has 2 aromatic carbocycles. The van der Waals surface area contributed by atoms with Crippen molar-refractivity contribution < 1.29 is 4.79 Å². The van der Waals surface area contributed by atoms with E-state index in [0.717, 1.165) is 4.47 Å². The van der Waals surface area contributed by atoms with E-state index in [2.05, 4.69) is 21.2 Å². The number of rotatable bonds is 2. The Morgan fingerprint density at radius 3 is 2.59 bits per heavy atom. The normalized spacial score (nSPS) is 9.94. The minimum Gasteiger partial charge on any atom is -0.397 e. The highest BCUT2D eigenvalue weighted by Gasteiger charge is 2.07. The first-order valence-electron chi connectivity index (χ1n) is 5.08.